The standard InChI is InChI=1S/C20H25N3O3/c1-4-26-18-13-15(20(25)23(2)3)9-11-17(18)22-19(24)12-10-14-7-5-6-8-16(14)21/h5-9,11,13H,4,10,12,21H2,1-3H3,(H,22,24). The minimum atomic E-state index is -0.138. The van der Waals surface area contributed by atoms with Gasteiger partial charge in [0.25, 0.3) is 5.91 Å². The highest BCUT2D eigenvalue weighted by Crippen LogP contribution is 2.27. The topological polar surface area (TPSA) is 84.7 Å². The van der Waals surface area contributed by atoms with Crippen molar-refractivity contribution < 1.29 is 14.3 Å². The average molecular weight is 355 g/mol. The van der Waals surface area contributed by atoms with Crippen LogP contribution in [0.25, 0.3) is 0 Å². The number of nitrogens with one attached hydrogen (secondary N) is 1. The second kappa shape index (κ2) is 8.89. The molecule has 3 N–H and O–H groups in total. The predicted octanol–water partition coefficient (Wildman–Crippen LogP) is 2.94. The molecule has 0 aliphatic rings. The van der Waals surface area contributed by atoms with Gasteiger partial charge in [-0.2, -0.15) is 0 Å². The first-order chi connectivity index (χ1) is 12.4. The van der Waals surface area contributed by atoms with Crippen LogP contribution in [0.1, 0.15) is 29.3 Å². The van der Waals surface area contributed by atoms with Gasteiger partial charge in [0.1, 0.15) is 5.75 Å². The van der Waals surface area contributed by atoms with Crippen molar-refractivity contribution in [3.8, 4) is 5.75 Å². The fourth-order valence-electron chi connectivity index (χ4n) is 2.51. The van der Waals surface area contributed by atoms with E-state index in [0.717, 1.165) is 5.56 Å². The smallest absolute Gasteiger partial charge is 0.253 e. The molecular weight excluding hydrogens is 330 g/mol. The number of anilines is 2. The summed E-state index contributed by atoms with van der Waals surface area (Å²) in [6, 6.07) is 12.5. The number of hydrogen-bond acceptors (Lipinski definition) is 4. The Bertz CT molecular complexity index is 788. The van der Waals surface area contributed by atoms with Gasteiger partial charge in [0, 0.05) is 31.8 Å². The third-order valence-electron chi connectivity index (χ3n) is 3.89. The van der Waals surface area contributed by atoms with Gasteiger partial charge in [0.2, 0.25) is 5.91 Å². The molecule has 2 rings (SSSR count). The summed E-state index contributed by atoms with van der Waals surface area (Å²) in [5.74, 6) is 0.219. The molecule has 2 aromatic rings. The minimum absolute atomic E-state index is 0.122. The molecule has 138 valence electrons. The molecule has 0 radical (unpaired) electrons. The SMILES string of the molecule is CCOc1cc(C(=O)N(C)C)ccc1NC(=O)CCc1ccccc1N. The van der Waals surface area contributed by atoms with Crippen molar-refractivity contribution in [2.75, 3.05) is 31.8 Å². The Hall–Kier alpha value is -3.02. The van der Waals surface area contributed by atoms with Gasteiger partial charge in [-0.25, -0.2) is 0 Å². The lowest BCUT2D eigenvalue weighted by atomic mass is 10.1. The Balaban J connectivity index is 2.08. The van der Waals surface area contributed by atoms with E-state index in [1.54, 1.807) is 32.3 Å². The molecule has 0 aromatic heterocycles. The highest BCUT2D eigenvalue weighted by molar-refractivity contribution is 5.97. The van der Waals surface area contributed by atoms with E-state index in [4.69, 9.17) is 10.5 Å². The maximum absolute atomic E-state index is 12.3. The summed E-state index contributed by atoms with van der Waals surface area (Å²) in [6.45, 7) is 2.28. The molecule has 0 aliphatic heterocycles. The molecule has 6 nitrogen and oxygen atoms in total. The second-order valence-electron chi connectivity index (χ2n) is 6.09. The fourth-order valence-corrected chi connectivity index (χ4v) is 2.51. The zero-order chi connectivity index (χ0) is 19.1. The van der Waals surface area contributed by atoms with E-state index in [9.17, 15) is 9.59 Å². The molecule has 26 heavy (non-hydrogen) atoms. The van der Waals surface area contributed by atoms with Crippen LogP contribution in [-0.4, -0.2) is 37.4 Å². The first-order valence-electron chi connectivity index (χ1n) is 8.54. The molecule has 0 heterocycles. The lowest BCUT2D eigenvalue weighted by Gasteiger charge is -2.15. The molecule has 0 fully saturated rings. The Morgan fingerprint density at radius 1 is 1.15 bits per heavy atom. The molecule has 0 unspecified atom stereocenters. The Labute approximate surface area is 153 Å². The number of nitrogen functional groups attached to an aromatic ring is 1. The molecule has 0 saturated carbocycles. The summed E-state index contributed by atoms with van der Waals surface area (Å²) in [7, 11) is 3.38. The van der Waals surface area contributed by atoms with E-state index in [1.165, 1.54) is 4.90 Å². The lowest BCUT2D eigenvalue weighted by molar-refractivity contribution is -0.116. The van der Waals surface area contributed by atoms with Crippen LogP contribution >= 0.6 is 0 Å². The maximum Gasteiger partial charge on any atom is 0.253 e. The highest BCUT2D eigenvalue weighted by atomic mass is 16.5. The van der Waals surface area contributed by atoms with Crippen LogP contribution in [0.3, 0.4) is 0 Å². The van der Waals surface area contributed by atoms with E-state index in [0.29, 0.717) is 42.1 Å². The quantitative estimate of drug-likeness (QED) is 0.748. The number of benzene rings is 2. The molecule has 0 saturated heterocycles. The van der Waals surface area contributed by atoms with Crippen molar-refractivity contribution in [1.29, 1.82) is 0 Å². The van der Waals surface area contributed by atoms with Crippen LogP contribution < -0.4 is 15.8 Å². The predicted molar refractivity (Wildman–Crippen MR) is 103 cm³/mol. The third kappa shape index (κ3) is 4.99. The van der Waals surface area contributed by atoms with Gasteiger partial charge >= 0.3 is 0 Å². The highest BCUT2D eigenvalue weighted by Gasteiger charge is 2.14. The van der Waals surface area contributed by atoms with Crippen molar-refractivity contribution in [3.63, 3.8) is 0 Å². The summed E-state index contributed by atoms with van der Waals surface area (Å²) in [4.78, 5) is 25.9. The number of aryl methyl sites for hydroxylation is 1. The molecule has 0 spiro atoms. The number of nitrogens with zero attached hydrogens (tertiary/aromatic N) is 1. The van der Waals surface area contributed by atoms with Crippen LogP contribution in [0, 0.1) is 0 Å². The summed E-state index contributed by atoms with van der Waals surface area (Å²) in [6.07, 6.45) is 0.859. The minimum Gasteiger partial charge on any atom is -0.492 e. The van der Waals surface area contributed by atoms with Gasteiger partial charge in [0.05, 0.1) is 12.3 Å². The molecule has 0 aliphatic carbocycles. The largest absolute Gasteiger partial charge is 0.492 e. The first kappa shape index (κ1) is 19.3. The molecule has 0 bridgehead atoms. The molecule has 2 amide bonds. The van der Waals surface area contributed by atoms with Crippen molar-refractivity contribution in [3.05, 3.63) is 53.6 Å². The fraction of sp³-hybridized carbons (Fsp3) is 0.300. The van der Waals surface area contributed by atoms with Crippen LogP contribution in [0.4, 0.5) is 11.4 Å². The molecular formula is C20H25N3O3. The Morgan fingerprint density at radius 2 is 1.88 bits per heavy atom. The number of carbonyl (C=O) groups excluding carboxylic acids is 2. The monoisotopic (exact) mass is 355 g/mol. The number of rotatable bonds is 7. The number of para-hydroxylation sites is 1. The molecule has 0 atom stereocenters. The van der Waals surface area contributed by atoms with Gasteiger partial charge in [-0.05, 0) is 43.2 Å². The number of nitrogens with two attached hydrogens (primary N) is 1. The third-order valence-corrected chi connectivity index (χ3v) is 3.89. The average Bonchev–Trinajstić information content (AvgIpc) is 2.62. The summed E-state index contributed by atoms with van der Waals surface area (Å²) in [5, 5.41) is 2.85. The zero-order valence-electron chi connectivity index (χ0n) is 15.4. The summed E-state index contributed by atoms with van der Waals surface area (Å²) in [5.41, 5.74) is 8.59. The number of carbonyl (C=O) groups is 2. The van der Waals surface area contributed by atoms with E-state index >= 15 is 0 Å². The summed E-state index contributed by atoms with van der Waals surface area (Å²) < 4.78 is 5.58. The molecule has 2 aromatic carbocycles. The molecule has 6 heteroatoms. The Kier molecular flexibility index (Phi) is 6.60. The van der Waals surface area contributed by atoms with Crippen molar-refractivity contribution in [2.45, 2.75) is 19.8 Å². The summed E-state index contributed by atoms with van der Waals surface area (Å²) >= 11 is 0. The van der Waals surface area contributed by atoms with E-state index in [2.05, 4.69) is 5.32 Å². The van der Waals surface area contributed by atoms with Gasteiger partial charge < -0.3 is 20.7 Å². The Morgan fingerprint density at radius 3 is 2.54 bits per heavy atom. The van der Waals surface area contributed by atoms with Crippen LogP contribution in [0.15, 0.2) is 42.5 Å². The number of hydrogen-bond donors (Lipinski definition) is 2. The van der Waals surface area contributed by atoms with Crippen molar-refractivity contribution in [2.24, 2.45) is 0 Å². The number of ether oxygens (including phenoxy) is 1. The van der Waals surface area contributed by atoms with Gasteiger partial charge in [0.15, 0.2) is 0 Å². The van der Waals surface area contributed by atoms with Crippen LogP contribution in [0.2, 0.25) is 0 Å². The zero-order valence-corrected chi connectivity index (χ0v) is 15.4. The van der Waals surface area contributed by atoms with Gasteiger partial charge in [-0.15, -0.1) is 0 Å². The van der Waals surface area contributed by atoms with Crippen LogP contribution in [-0.2, 0) is 11.2 Å². The maximum atomic E-state index is 12.3. The number of amides is 2. The van der Waals surface area contributed by atoms with Crippen LogP contribution in [0.5, 0.6) is 5.75 Å². The normalized spacial score (nSPS) is 10.3. The van der Waals surface area contributed by atoms with Crippen molar-refractivity contribution >= 4 is 23.2 Å². The second-order valence-corrected chi connectivity index (χ2v) is 6.09. The van der Waals surface area contributed by atoms with Crippen molar-refractivity contribution in [1.82, 2.24) is 4.90 Å². The first-order valence-corrected chi connectivity index (χ1v) is 8.54. The van der Waals surface area contributed by atoms with E-state index in [-0.39, 0.29) is 11.8 Å². The van der Waals surface area contributed by atoms with E-state index < -0.39 is 0 Å². The van der Waals surface area contributed by atoms with Gasteiger partial charge in [-0.3, -0.25) is 9.59 Å². The lowest BCUT2D eigenvalue weighted by Crippen LogP contribution is -2.22. The van der Waals surface area contributed by atoms with Gasteiger partial charge in [-0.1, -0.05) is 18.2 Å². The van der Waals surface area contributed by atoms with E-state index in [1.807, 2.05) is 31.2 Å².